The number of carbonyl (C=O) groups is 2. The number of ether oxygens (including phenoxy) is 1. The van der Waals surface area contributed by atoms with Gasteiger partial charge in [-0.1, -0.05) is 30.3 Å². The Morgan fingerprint density at radius 3 is 2.39 bits per heavy atom. The van der Waals surface area contributed by atoms with Crippen molar-refractivity contribution in [3.63, 3.8) is 0 Å². The molecule has 2 aromatic carbocycles. The predicted octanol–water partition coefficient (Wildman–Crippen LogP) is 3.29. The van der Waals surface area contributed by atoms with Crippen molar-refractivity contribution >= 4 is 38.9 Å². The highest BCUT2D eigenvalue weighted by molar-refractivity contribution is 7.91. The van der Waals surface area contributed by atoms with E-state index < -0.39 is 27.9 Å². The van der Waals surface area contributed by atoms with Crippen LogP contribution in [0.3, 0.4) is 0 Å². The molecule has 1 aliphatic rings. The van der Waals surface area contributed by atoms with Crippen LogP contribution in [0.5, 0.6) is 0 Å². The largest absolute Gasteiger partial charge is 0.465 e. The lowest BCUT2D eigenvalue weighted by atomic mass is 9.95. The minimum Gasteiger partial charge on any atom is -0.465 e. The summed E-state index contributed by atoms with van der Waals surface area (Å²) in [6, 6.07) is 16.1. The number of nitrogens with zero attached hydrogens (tertiary/aromatic N) is 1. The van der Waals surface area contributed by atoms with Crippen molar-refractivity contribution in [1.82, 2.24) is 4.31 Å². The lowest BCUT2D eigenvalue weighted by Gasteiger charge is -2.34. The average molecular weight is 457 g/mol. The molecule has 0 fully saturated rings. The van der Waals surface area contributed by atoms with Gasteiger partial charge in [0.25, 0.3) is 10.0 Å². The maximum Gasteiger partial charge on any atom is 0.337 e. The fourth-order valence-corrected chi connectivity index (χ4v) is 6.22. The first-order valence-electron chi connectivity index (χ1n) is 9.51. The van der Waals surface area contributed by atoms with Gasteiger partial charge < -0.3 is 10.1 Å². The number of thiophene rings is 1. The quantitative estimate of drug-likeness (QED) is 0.595. The van der Waals surface area contributed by atoms with Crippen LogP contribution in [0.2, 0.25) is 0 Å². The third-order valence-corrected chi connectivity index (χ3v) is 8.37. The standard InChI is InChI=1S/C22H20N2O5S2/c1-29-22(26)15-8-10-18(11-9-15)23-21(25)19-13-16-5-2-3-6-17(16)14-24(19)31(27,28)20-7-4-12-30-20/h2-12,19H,13-14H2,1H3,(H,23,25)/t19-/m1/s1. The summed E-state index contributed by atoms with van der Waals surface area (Å²) >= 11 is 1.12. The number of methoxy groups -OCH3 is 1. The number of nitrogens with one attached hydrogen (secondary N) is 1. The second-order valence-electron chi connectivity index (χ2n) is 7.03. The van der Waals surface area contributed by atoms with Crippen molar-refractivity contribution in [2.75, 3.05) is 12.4 Å². The van der Waals surface area contributed by atoms with E-state index in [9.17, 15) is 18.0 Å². The zero-order chi connectivity index (χ0) is 22.0. The Hall–Kier alpha value is -3.01. The molecule has 1 aliphatic heterocycles. The third kappa shape index (κ3) is 4.25. The normalized spacial score (nSPS) is 16.4. The number of esters is 1. The molecule has 4 rings (SSSR count). The van der Waals surface area contributed by atoms with Crippen molar-refractivity contribution in [2.45, 2.75) is 23.2 Å². The number of anilines is 1. The SMILES string of the molecule is COC(=O)c1ccc(NC(=O)[C@H]2Cc3ccccc3CN2S(=O)(=O)c2cccs2)cc1. The minimum atomic E-state index is -3.84. The highest BCUT2D eigenvalue weighted by Gasteiger charge is 2.40. The molecule has 1 amide bonds. The van der Waals surface area contributed by atoms with Crippen molar-refractivity contribution in [3.8, 4) is 0 Å². The molecule has 1 aromatic heterocycles. The number of carbonyl (C=O) groups excluding carboxylic acids is 2. The molecule has 7 nitrogen and oxygen atoms in total. The molecule has 31 heavy (non-hydrogen) atoms. The van der Waals surface area contributed by atoms with Crippen molar-refractivity contribution in [1.29, 1.82) is 0 Å². The summed E-state index contributed by atoms with van der Waals surface area (Å²) in [5, 5.41) is 4.48. The van der Waals surface area contributed by atoms with E-state index in [4.69, 9.17) is 0 Å². The number of fused-ring (bicyclic) bond motifs is 1. The molecule has 160 valence electrons. The Labute approximate surface area is 184 Å². The maximum absolute atomic E-state index is 13.3. The third-order valence-electron chi connectivity index (χ3n) is 5.14. The summed E-state index contributed by atoms with van der Waals surface area (Å²) < 4.78 is 32.7. The van der Waals surface area contributed by atoms with Gasteiger partial charge >= 0.3 is 5.97 Å². The number of benzene rings is 2. The molecule has 9 heteroatoms. The van der Waals surface area contributed by atoms with Gasteiger partial charge in [-0.25, -0.2) is 13.2 Å². The van der Waals surface area contributed by atoms with E-state index in [1.165, 1.54) is 23.5 Å². The number of hydrogen-bond acceptors (Lipinski definition) is 6. The first-order valence-corrected chi connectivity index (χ1v) is 11.8. The Bertz CT molecular complexity index is 1200. The summed E-state index contributed by atoms with van der Waals surface area (Å²) in [6.07, 6.45) is 0.271. The predicted molar refractivity (Wildman–Crippen MR) is 117 cm³/mol. The molecule has 0 radical (unpaired) electrons. The molecule has 2 heterocycles. The van der Waals surface area contributed by atoms with Crippen LogP contribution in [0.15, 0.2) is 70.3 Å². The molecule has 0 saturated heterocycles. The van der Waals surface area contributed by atoms with E-state index in [1.54, 1.807) is 29.6 Å². The Balaban J connectivity index is 1.63. The van der Waals surface area contributed by atoms with Crippen molar-refractivity contribution < 1.29 is 22.7 Å². The molecule has 0 spiro atoms. The second-order valence-corrected chi connectivity index (χ2v) is 10.1. The fraction of sp³-hybridized carbons (Fsp3) is 0.182. The monoisotopic (exact) mass is 456 g/mol. The molecule has 0 bridgehead atoms. The smallest absolute Gasteiger partial charge is 0.337 e. The van der Waals surface area contributed by atoms with Gasteiger partial charge in [0, 0.05) is 12.2 Å². The van der Waals surface area contributed by atoms with E-state index in [0.29, 0.717) is 11.3 Å². The highest BCUT2D eigenvalue weighted by atomic mass is 32.2. The lowest BCUT2D eigenvalue weighted by molar-refractivity contribution is -0.120. The van der Waals surface area contributed by atoms with Gasteiger partial charge in [0.15, 0.2) is 0 Å². The summed E-state index contributed by atoms with van der Waals surface area (Å²) in [5.74, 6) is -0.907. The summed E-state index contributed by atoms with van der Waals surface area (Å²) in [4.78, 5) is 24.8. The first kappa shape index (κ1) is 21.2. The number of rotatable bonds is 5. The fourth-order valence-electron chi connectivity index (χ4n) is 3.53. The molecular formula is C22H20N2O5S2. The first-order chi connectivity index (χ1) is 14.9. The molecule has 0 unspecified atom stereocenters. The van der Waals surface area contributed by atoms with Crippen LogP contribution in [0.1, 0.15) is 21.5 Å². The zero-order valence-electron chi connectivity index (χ0n) is 16.6. The van der Waals surface area contributed by atoms with Gasteiger partial charge in [-0.15, -0.1) is 11.3 Å². The summed E-state index contributed by atoms with van der Waals surface area (Å²) in [7, 11) is -2.55. The van der Waals surface area contributed by atoms with Gasteiger partial charge in [-0.2, -0.15) is 4.31 Å². The van der Waals surface area contributed by atoms with Gasteiger partial charge in [-0.3, -0.25) is 4.79 Å². The molecule has 1 atom stereocenters. The van der Waals surface area contributed by atoms with Crippen LogP contribution < -0.4 is 5.32 Å². The van der Waals surface area contributed by atoms with Crippen LogP contribution >= 0.6 is 11.3 Å². The average Bonchev–Trinajstić information content (AvgIpc) is 3.34. The maximum atomic E-state index is 13.3. The van der Waals surface area contributed by atoms with E-state index in [2.05, 4.69) is 10.1 Å². The zero-order valence-corrected chi connectivity index (χ0v) is 18.3. The van der Waals surface area contributed by atoms with E-state index >= 15 is 0 Å². The van der Waals surface area contributed by atoms with Crippen LogP contribution in [0.4, 0.5) is 5.69 Å². The van der Waals surface area contributed by atoms with Crippen molar-refractivity contribution in [2.24, 2.45) is 0 Å². The van der Waals surface area contributed by atoms with Gasteiger partial charge in [-0.05, 0) is 53.3 Å². The summed E-state index contributed by atoms with van der Waals surface area (Å²) in [5.41, 5.74) is 2.65. The minimum absolute atomic E-state index is 0.121. The van der Waals surface area contributed by atoms with Crippen LogP contribution in [0, 0.1) is 0 Å². The van der Waals surface area contributed by atoms with Gasteiger partial charge in [0.05, 0.1) is 12.7 Å². The Morgan fingerprint density at radius 2 is 1.74 bits per heavy atom. The summed E-state index contributed by atoms with van der Waals surface area (Å²) in [6.45, 7) is 0.121. The van der Waals surface area contributed by atoms with E-state index in [0.717, 1.165) is 22.5 Å². The molecule has 3 aromatic rings. The number of amides is 1. The highest BCUT2D eigenvalue weighted by Crippen LogP contribution is 2.31. The lowest BCUT2D eigenvalue weighted by Crippen LogP contribution is -2.50. The Morgan fingerprint density at radius 1 is 1.03 bits per heavy atom. The van der Waals surface area contributed by atoms with Gasteiger partial charge in [0.1, 0.15) is 10.3 Å². The molecule has 1 N–H and O–H groups in total. The number of sulfonamides is 1. The molecule has 0 aliphatic carbocycles. The van der Waals surface area contributed by atoms with E-state index in [1.807, 2.05) is 24.3 Å². The number of hydrogen-bond donors (Lipinski definition) is 1. The topological polar surface area (TPSA) is 92.8 Å². The van der Waals surface area contributed by atoms with Crippen LogP contribution in [-0.2, 0) is 32.5 Å². The van der Waals surface area contributed by atoms with Crippen molar-refractivity contribution in [3.05, 3.63) is 82.7 Å². The molecular weight excluding hydrogens is 436 g/mol. The van der Waals surface area contributed by atoms with Gasteiger partial charge in [0.2, 0.25) is 5.91 Å². The van der Waals surface area contributed by atoms with Crippen LogP contribution in [0.25, 0.3) is 0 Å². The molecule has 0 saturated carbocycles. The van der Waals surface area contributed by atoms with Crippen LogP contribution in [-0.4, -0.2) is 37.8 Å². The Kier molecular flexibility index (Phi) is 5.90. The second kappa shape index (κ2) is 8.62. The van der Waals surface area contributed by atoms with E-state index in [-0.39, 0.29) is 17.2 Å².